The van der Waals surface area contributed by atoms with E-state index in [0.717, 1.165) is 5.56 Å². The molecule has 29 heavy (non-hydrogen) atoms. The standard InChI is InChI=1S/C21H26N4O3S/c1-13-17(12-18(26)25-10-8-16(9-11-25)19(22)27)20(28)24-21(23-13)29-14(2)15-6-4-3-5-7-15/h3-7,14,16H,8-12H2,1-2H3,(H2,22,27)(H,23,24,28). The molecule has 1 aromatic carbocycles. The summed E-state index contributed by atoms with van der Waals surface area (Å²) in [5.41, 5.74) is 7.17. The van der Waals surface area contributed by atoms with E-state index in [4.69, 9.17) is 5.73 Å². The Morgan fingerprint density at radius 1 is 1.28 bits per heavy atom. The number of aromatic nitrogens is 2. The summed E-state index contributed by atoms with van der Waals surface area (Å²) in [6, 6.07) is 10.0. The van der Waals surface area contributed by atoms with Crippen molar-refractivity contribution in [3.63, 3.8) is 0 Å². The van der Waals surface area contributed by atoms with Crippen molar-refractivity contribution in [2.75, 3.05) is 13.1 Å². The fourth-order valence-electron chi connectivity index (χ4n) is 3.48. The molecule has 1 aromatic heterocycles. The average molecular weight is 415 g/mol. The number of likely N-dealkylation sites (tertiary alicyclic amines) is 1. The highest BCUT2D eigenvalue weighted by molar-refractivity contribution is 7.99. The zero-order valence-electron chi connectivity index (χ0n) is 16.7. The van der Waals surface area contributed by atoms with Crippen LogP contribution >= 0.6 is 11.8 Å². The summed E-state index contributed by atoms with van der Waals surface area (Å²) in [4.78, 5) is 45.5. The SMILES string of the molecule is Cc1nc(SC(C)c2ccccc2)[nH]c(=O)c1CC(=O)N1CCC(C(N)=O)CC1. The molecular weight excluding hydrogens is 388 g/mol. The maximum Gasteiger partial charge on any atom is 0.255 e. The van der Waals surface area contributed by atoms with Crippen molar-refractivity contribution in [1.82, 2.24) is 14.9 Å². The normalized spacial score (nSPS) is 15.9. The first-order valence-corrected chi connectivity index (χ1v) is 10.6. The highest BCUT2D eigenvalue weighted by Crippen LogP contribution is 2.32. The Hall–Kier alpha value is -2.61. The topological polar surface area (TPSA) is 109 Å². The highest BCUT2D eigenvalue weighted by Gasteiger charge is 2.26. The first-order valence-electron chi connectivity index (χ1n) is 9.73. The van der Waals surface area contributed by atoms with Crippen LogP contribution in [0.2, 0.25) is 0 Å². The number of hydrogen-bond acceptors (Lipinski definition) is 5. The Balaban J connectivity index is 1.66. The van der Waals surface area contributed by atoms with Gasteiger partial charge < -0.3 is 15.6 Å². The third-order valence-electron chi connectivity index (χ3n) is 5.34. The minimum Gasteiger partial charge on any atom is -0.369 e. The lowest BCUT2D eigenvalue weighted by molar-refractivity contribution is -0.134. The second-order valence-corrected chi connectivity index (χ2v) is 8.67. The zero-order chi connectivity index (χ0) is 21.0. The summed E-state index contributed by atoms with van der Waals surface area (Å²) in [7, 11) is 0. The number of carbonyl (C=O) groups is 2. The summed E-state index contributed by atoms with van der Waals surface area (Å²) in [5, 5.41) is 0.681. The minimum atomic E-state index is -0.314. The smallest absolute Gasteiger partial charge is 0.255 e. The Bertz CT molecular complexity index is 937. The van der Waals surface area contributed by atoms with Gasteiger partial charge in [0.15, 0.2) is 5.16 Å². The van der Waals surface area contributed by atoms with E-state index < -0.39 is 0 Å². The van der Waals surface area contributed by atoms with E-state index in [1.807, 2.05) is 30.3 Å². The number of aryl methyl sites for hydroxylation is 1. The number of nitrogens with two attached hydrogens (primary N) is 1. The van der Waals surface area contributed by atoms with Crippen molar-refractivity contribution in [3.8, 4) is 0 Å². The monoisotopic (exact) mass is 414 g/mol. The second-order valence-electron chi connectivity index (χ2n) is 7.34. The van der Waals surface area contributed by atoms with Gasteiger partial charge in [-0.25, -0.2) is 4.98 Å². The maximum absolute atomic E-state index is 12.6. The van der Waals surface area contributed by atoms with Gasteiger partial charge in [0.1, 0.15) is 0 Å². The first kappa shape index (κ1) is 21.1. The number of aromatic amines is 1. The number of nitrogens with one attached hydrogen (secondary N) is 1. The number of benzene rings is 1. The van der Waals surface area contributed by atoms with Gasteiger partial charge in [0.25, 0.3) is 5.56 Å². The van der Waals surface area contributed by atoms with Crippen molar-refractivity contribution >= 4 is 23.6 Å². The Morgan fingerprint density at radius 2 is 1.93 bits per heavy atom. The van der Waals surface area contributed by atoms with E-state index in [1.165, 1.54) is 11.8 Å². The minimum absolute atomic E-state index is 0.00852. The molecule has 2 heterocycles. The molecule has 0 radical (unpaired) electrons. The van der Waals surface area contributed by atoms with Gasteiger partial charge >= 0.3 is 0 Å². The van der Waals surface area contributed by atoms with Crippen LogP contribution in [-0.4, -0.2) is 39.8 Å². The molecule has 1 saturated heterocycles. The molecule has 1 aliphatic rings. The van der Waals surface area contributed by atoms with E-state index >= 15 is 0 Å². The van der Waals surface area contributed by atoms with Crippen LogP contribution in [-0.2, 0) is 16.0 Å². The molecule has 1 atom stereocenters. The molecule has 0 aliphatic carbocycles. The molecule has 7 nitrogen and oxygen atoms in total. The zero-order valence-corrected chi connectivity index (χ0v) is 17.5. The van der Waals surface area contributed by atoms with Crippen molar-refractivity contribution in [2.45, 2.75) is 43.5 Å². The molecule has 154 valence electrons. The van der Waals surface area contributed by atoms with Crippen molar-refractivity contribution in [2.24, 2.45) is 11.7 Å². The fourth-order valence-corrected chi connectivity index (χ4v) is 4.45. The summed E-state index contributed by atoms with van der Waals surface area (Å²) < 4.78 is 0. The van der Waals surface area contributed by atoms with Crippen LogP contribution in [0.15, 0.2) is 40.3 Å². The van der Waals surface area contributed by atoms with Gasteiger partial charge in [-0.1, -0.05) is 42.1 Å². The Kier molecular flexibility index (Phi) is 6.74. The second kappa shape index (κ2) is 9.26. The van der Waals surface area contributed by atoms with E-state index in [9.17, 15) is 14.4 Å². The van der Waals surface area contributed by atoms with Crippen molar-refractivity contribution in [1.29, 1.82) is 0 Å². The van der Waals surface area contributed by atoms with Crippen molar-refractivity contribution in [3.05, 3.63) is 57.5 Å². The van der Waals surface area contributed by atoms with Gasteiger partial charge in [-0.15, -0.1) is 0 Å². The van der Waals surface area contributed by atoms with Crippen LogP contribution in [0.4, 0.5) is 0 Å². The van der Waals surface area contributed by atoms with Gasteiger partial charge in [-0.3, -0.25) is 14.4 Å². The molecule has 1 unspecified atom stereocenters. The maximum atomic E-state index is 12.6. The number of hydrogen-bond donors (Lipinski definition) is 2. The number of amides is 2. The summed E-state index contributed by atoms with van der Waals surface area (Å²) in [5.74, 6) is -0.610. The summed E-state index contributed by atoms with van der Waals surface area (Å²) >= 11 is 1.48. The lowest BCUT2D eigenvalue weighted by Gasteiger charge is -2.30. The fraction of sp³-hybridized carbons (Fsp3) is 0.429. The lowest BCUT2D eigenvalue weighted by atomic mass is 9.96. The van der Waals surface area contributed by atoms with Crippen LogP contribution < -0.4 is 11.3 Å². The molecule has 1 fully saturated rings. The summed E-state index contributed by atoms with van der Waals surface area (Å²) in [6.45, 7) is 4.79. The number of H-pyrrole nitrogens is 1. The molecule has 3 rings (SSSR count). The molecule has 2 amide bonds. The summed E-state index contributed by atoms with van der Waals surface area (Å²) in [6.07, 6.45) is 1.15. The number of nitrogens with zero attached hydrogens (tertiary/aromatic N) is 2. The lowest BCUT2D eigenvalue weighted by Crippen LogP contribution is -2.43. The van der Waals surface area contributed by atoms with Gasteiger partial charge in [0.05, 0.1) is 6.42 Å². The predicted molar refractivity (Wildman–Crippen MR) is 113 cm³/mol. The Labute approximate surface area is 174 Å². The molecule has 8 heteroatoms. The first-order chi connectivity index (χ1) is 13.8. The third-order valence-corrected chi connectivity index (χ3v) is 6.38. The van der Waals surface area contributed by atoms with Gasteiger partial charge in [0.2, 0.25) is 11.8 Å². The van der Waals surface area contributed by atoms with E-state index in [2.05, 4.69) is 16.9 Å². The number of primary amides is 1. The molecule has 0 saturated carbocycles. The molecule has 0 spiro atoms. The number of carbonyl (C=O) groups excluding carboxylic acids is 2. The van der Waals surface area contributed by atoms with Gasteiger partial charge in [0, 0.05) is 35.5 Å². The number of piperidine rings is 1. The number of rotatable bonds is 6. The van der Waals surface area contributed by atoms with Crippen molar-refractivity contribution < 1.29 is 9.59 Å². The number of thioether (sulfide) groups is 1. The predicted octanol–water partition coefficient (Wildman–Crippen LogP) is 2.20. The van der Waals surface area contributed by atoms with Crippen LogP contribution in [0.25, 0.3) is 0 Å². The van der Waals surface area contributed by atoms with E-state index in [-0.39, 0.29) is 35.0 Å². The van der Waals surface area contributed by atoms with Gasteiger partial charge in [-0.05, 0) is 32.3 Å². The van der Waals surface area contributed by atoms with Gasteiger partial charge in [-0.2, -0.15) is 0 Å². The molecule has 2 aromatic rings. The van der Waals surface area contributed by atoms with Crippen LogP contribution in [0.5, 0.6) is 0 Å². The van der Waals surface area contributed by atoms with Crippen LogP contribution in [0.3, 0.4) is 0 Å². The molecule has 0 bridgehead atoms. The molecule has 3 N–H and O–H groups in total. The van der Waals surface area contributed by atoms with Crippen LogP contribution in [0, 0.1) is 12.8 Å². The highest BCUT2D eigenvalue weighted by atomic mass is 32.2. The Morgan fingerprint density at radius 3 is 2.52 bits per heavy atom. The van der Waals surface area contributed by atoms with Crippen LogP contribution in [0.1, 0.15) is 41.8 Å². The molecular formula is C21H26N4O3S. The molecule has 1 aliphatic heterocycles. The largest absolute Gasteiger partial charge is 0.369 e. The quantitative estimate of drug-likeness (QED) is 0.556. The third kappa shape index (κ3) is 5.26. The average Bonchev–Trinajstić information content (AvgIpc) is 2.71. The van der Waals surface area contributed by atoms with E-state index in [0.29, 0.717) is 42.3 Å². The van der Waals surface area contributed by atoms with E-state index in [1.54, 1.807) is 11.8 Å².